The Morgan fingerprint density at radius 1 is 1.16 bits per heavy atom. The van der Waals surface area contributed by atoms with Crippen molar-refractivity contribution in [3.63, 3.8) is 0 Å². The number of hydrogen-bond donors (Lipinski definition) is 0. The number of alkyl halides is 3. The van der Waals surface area contributed by atoms with Crippen molar-refractivity contribution in [3.05, 3.63) is 30.2 Å². The minimum absolute atomic E-state index is 0.423. The van der Waals surface area contributed by atoms with Crippen LogP contribution in [-0.4, -0.2) is 16.0 Å². The van der Waals surface area contributed by atoms with Gasteiger partial charge in [0.15, 0.2) is 0 Å². The molecule has 7 heteroatoms. The Kier molecular flexibility index (Phi) is 5.51. The van der Waals surface area contributed by atoms with Gasteiger partial charge in [-0.1, -0.05) is 6.92 Å². The van der Waals surface area contributed by atoms with Gasteiger partial charge < -0.3 is 4.42 Å². The van der Waals surface area contributed by atoms with Gasteiger partial charge in [-0.05, 0) is 84.2 Å². The molecule has 0 spiro atoms. The molecule has 1 heterocycles. The van der Waals surface area contributed by atoms with Gasteiger partial charge in [0.1, 0.15) is 0 Å². The summed E-state index contributed by atoms with van der Waals surface area (Å²) in [6, 6.07) is 8.13. The fraction of sp³-hybridized carbons (Fsp3) is 0.333. The minimum atomic E-state index is -0.671. The molecule has 1 aromatic carbocycles. The van der Waals surface area contributed by atoms with Crippen molar-refractivity contribution in [2.75, 3.05) is 5.75 Å². The van der Waals surface area contributed by atoms with E-state index in [0.717, 1.165) is 11.3 Å². The zero-order valence-corrected chi connectivity index (χ0v) is 15.6. The highest BCUT2D eigenvalue weighted by atomic mass is 80.0. The second-order valence-corrected chi connectivity index (χ2v) is 11.7. The summed E-state index contributed by atoms with van der Waals surface area (Å²) in [5, 5.41) is 8.00. The van der Waals surface area contributed by atoms with E-state index in [1.807, 2.05) is 23.9 Å². The Morgan fingerprint density at radius 2 is 1.84 bits per heavy atom. The second kappa shape index (κ2) is 6.74. The monoisotopic (exact) mass is 468 g/mol. The van der Waals surface area contributed by atoms with Gasteiger partial charge in [-0.3, -0.25) is 0 Å². The Hall–Kier alpha value is 0.150. The lowest BCUT2D eigenvalue weighted by Crippen LogP contribution is -1.97. The molecule has 0 atom stereocenters. The molecule has 0 aliphatic heterocycles. The molecule has 0 aliphatic carbocycles. The van der Waals surface area contributed by atoms with Crippen LogP contribution in [0.5, 0.6) is 0 Å². The number of aromatic nitrogens is 2. The van der Waals surface area contributed by atoms with Crippen LogP contribution in [0.25, 0.3) is 11.5 Å². The van der Waals surface area contributed by atoms with Gasteiger partial charge in [-0.2, -0.15) is 0 Å². The van der Waals surface area contributed by atoms with E-state index in [9.17, 15) is 0 Å². The molecule has 0 N–H and O–H groups in total. The SMILES string of the molecule is CCCSc1ccc(-c2nnc(C(Br)(Br)Br)o2)cc1. The fourth-order valence-corrected chi connectivity index (χ4v) is 2.62. The van der Waals surface area contributed by atoms with Crippen molar-refractivity contribution in [2.45, 2.75) is 20.4 Å². The van der Waals surface area contributed by atoms with Gasteiger partial charge in [0.25, 0.3) is 5.89 Å². The van der Waals surface area contributed by atoms with Crippen LogP contribution in [0.3, 0.4) is 0 Å². The van der Waals surface area contributed by atoms with E-state index in [0.29, 0.717) is 11.8 Å². The van der Waals surface area contributed by atoms with Crippen molar-refractivity contribution >= 4 is 59.6 Å². The van der Waals surface area contributed by atoms with Crippen LogP contribution in [0.15, 0.2) is 33.6 Å². The van der Waals surface area contributed by atoms with Crippen molar-refractivity contribution in [3.8, 4) is 11.5 Å². The summed E-state index contributed by atoms with van der Waals surface area (Å²) in [5.41, 5.74) is 0.913. The second-order valence-electron chi connectivity index (χ2n) is 3.78. The van der Waals surface area contributed by atoms with Crippen molar-refractivity contribution in [1.82, 2.24) is 10.2 Å². The van der Waals surface area contributed by atoms with Crippen LogP contribution in [-0.2, 0) is 2.14 Å². The Bertz CT molecular complexity index is 537. The van der Waals surface area contributed by atoms with E-state index in [1.165, 1.54) is 11.3 Å². The Balaban J connectivity index is 2.16. The predicted octanol–water partition coefficient (Wildman–Crippen LogP) is 5.53. The third-order valence-electron chi connectivity index (χ3n) is 2.24. The summed E-state index contributed by atoms with van der Waals surface area (Å²) in [6.45, 7) is 2.18. The lowest BCUT2D eigenvalue weighted by Gasteiger charge is -2.04. The first kappa shape index (κ1) is 15.5. The molecule has 0 fully saturated rings. The first-order valence-electron chi connectivity index (χ1n) is 5.64. The van der Waals surface area contributed by atoms with E-state index >= 15 is 0 Å². The summed E-state index contributed by atoms with van der Waals surface area (Å²) in [4.78, 5) is 1.25. The number of thioether (sulfide) groups is 1. The fourth-order valence-electron chi connectivity index (χ4n) is 1.37. The molecule has 0 bridgehead atoms. The van der Waals surface area contributed by atoms with Crippen molar-refractivity contribution in [1.29, 1.82) is 0 Å². The number of hydrogen-bond acceptors (Lipinski definition) is 4. The highest BCUT2D eigenvalue weighted by molar-refractivity contribution is 9.38. The van der Waals surface area contributed by atoms with Crippen LogP contribution >= 0.6 is 59.6 Å². The molecular weight excluding hydrogens is 460 g/mol. The maximum absolute atomic E-state index is 5.59. The molecule has 2 rings (SSSR count). The van der Waals surface area contributed by atoms with Crippen LogP contribution < -0.4 is 0 Å². The van der Waals surface area contributed by atoms with E-state index in [2.05, 4.69) is 77.0 Å². The third kappa shape index (κ3) is 4.31. The lowest BCUT2D eigenvalue weighted by atomic mass is 10.2. The maximum Gasteiger partial charge on any atom is 0.255 e. The highest BCUT2D eigenvalue weighted by Gasteiger charge is 2.28. The summed E-state index contributed by atoms with van der Waals surface area (Å²) in [7, 11) is 0. The molecule has 2 aromatic rings. The van der Waals surface area contributed by atoms with Gasteiger partial charge in [0, 0.05) is 10.5 Å². The molecular formula is C12H11Br3N2OS. The quantitative estimate of drug-likeness (QED) is 0.435. The summed E-state index contributed by atoms with van der Waals surface area (Å²) < 4.78 is 4.91. The number of benzene rings is 1. The number of nitrogens with zero attached hydrogens (tertiary/aromatic N) is 2. The molecule has 102 valence electrons. The lowest BCUT2D eigenvalue weighted by molar-refractivity contribution is 0.524. The molecule has 19 heavy (non-hydrogen) atoms. The summed E-state index contributed by atoms with van der Waals surface area (Å²) in [5.74, 6) is 2.06. The number of rotatable bonds is 4. The van der Waals surface area contributed by atoms with Gasteiger partial charge in [0.05, 0.1) is 0 Å². The van der Waals surface area contributed by atoms with E-state index in [1.54, 1.807) is 0 Å². The molecule has 0 unspecified atom stereocenters. The molecule has 0 amide bonds. The van der Waals surface area contributed by atoms with Crippen LogP contribution in [0.1, 0.15) is 19.2 Å². The van der Waals surface area contributed by atoms with Crippen LogP contribution in [0, 0.1) is 0 Å². The molecule has 3 nitrogen and oxygen atoms in total. The molecule has 0 radical (unpaired) electrons. The van der Waals surface area contributed by atoms with Crippen molar-refractivity contribution in [2.24, 2.45) is 0 Å². The standard InChI is InChI=1S/C12H11Br3N2OS/c1-2-7-19-9-5-3-8(4-6-9)10-16-17-11(18-10)12(13,14)15/h3-6H,2,7H2,1H3. The molecule has 0 aliphatic rings. The number of halogens is 3. The average Bonchev–Trinajstić information content (AvgIpc) is 2.86. The van der Waals surface area contributed by atoms with Crippen molar-refractivity contribution < 1.29 is 4.42 Å². The highest BCUT2D eigenvalue weighted by Crippen LogP contribution is 2.44. The van der Waals surface area contributed by atoms with E-state index in [4.69, 9.17) is 4.42 Å². The minimum Gasteiger partial charge on any atom is -0.417 e. The van der Waals surface area contributed by atoms with Gasteiger partial charge in [-0.25, -0.2) is 0 Å². The average molecular weight is 471 g/mol. The van der Waals surface area contributed by atoms with Gasteiger partial charge in [-0.15, -0.1) is 22.0 Å². The first-order valence-corrected chi connectivity index (χ1v) is 9.01. The van der Waals surface area contributed by atoms with Gasteiger partial charge >= 0.3 is 0 Å². The molecule has 0 saturated heterocycles. The van der Waals surface area contributed by atoms with E-state index in [-0.39, 0.29) is 0 Å². The zero-order valence-electron chi connectivity index (χ0n) is 10.1. The molecule has 0 saturated carbocycles. The largest absolute Gasteiger partial charge is 0.417 e. The van der Waals surface area contributed by atoms with Crippen LogP contribution in [0.2, 0.25) is 0 Å². The van der Waals surface area contributed by atoms with Crippen LogP contribution in [0.4, 0.5) is 0 Å². The first-order chi connectivity index (χ1) is 9.00. The predicted molar refractivity (Wildman–Crippen MR) is 89.2 cm³/mol. The maximum atomic E-state index is 5.59. The molecule has 1 aromatic heterocycles. The normalized spacial score (nSPS) is 11.8. The van der Waals surface area contributed by atoms with E-state index < -0.39 is 2.14 Å². The summed E-state index contributed by atoms with van der Waals surface area (Å²) in [6.07, 6.45) is 1.17. The third-order valence-corrected chi connectivity index (χ3v) is 4.48. The Labute approximate surface area is 141 Å². The van der Waals surface area contributed by atoms with Gasteiger partial charge in [0.2, 0.25) is 8.03 Å². The smallest absolute Gasteiger partial charge is 0.255 e. The topological polar surface area (TPSA) is 38.9 Å². The zero-order chi connectivity index (χ0) is 13.9. The Morgan fingerprint density at radius 3 is 2.37 bits per heavy atom. The summed E-state index contributed by atoms with van der Waals surface area (Å²) >= 11 is 11.9.